The molecule has 26 heavy (non-hydrogen) atoms. The second kappa shape index (κ2) is 9.04. The van der Waals surface area contributed by atoms with E-state index in [0.29, 0.717) is 17.9 Å². The summed E-state index contributed by atoms with van der Waals surface area (Å²) in [6.45, 7) is 7.92. The number of rotatable bonds is 7. The Balaban J connectivity index is 1.97. The lowest BCUT2D eigenvalue weighted by Crippen LogP contribution is -2.26. The van der Waals surface area contributed by atoms with Gasteiger partial charge in [-0.3, -0.25) is 4.79 Å². The maximum atomic E-state index is 12.4. The van der Waals surface area contributed by atoms with E-state index < -0.39 is 12.1 Å². The molecule has 0 aliphatic rings. The van der Waals surface area contributed by atoms with E-state index >= 15 is 0 Å². The van der Waals surface area contributed by atoms with Crippen LogP contribution in [0.3, 0.4) is 0 Å². The average Bonchev–Trinajstić information content (AvgIpc) is 2.62. The van der Waals surface area contributed by atoms with Gasteiger partial charge in [0.25, 0.3) is 5.91 Å². The van der Waals surface area contributed by atoms with Gasteiger partial charge in [0.15, 0.2) is 6.10 Å². The van der Waals surface area contributed by atoms with Crippen LogP contribution in [-0.4, -0.2) is 24.6 Å². The van der Waals surface area contributed by atoms with Gasteiger partial charge in [-0.05, 0) is 63.1 Å². The molecule has 0 aromatic heterocycles. The summed E-state index contributed by atoms with van der Waals surface area (Å²) in [7, 11) is 0. The molecule has 2 aromatic carbocycles. The van der Waals surface area contributed by atoms with Crippen LogP contribution in [-0.2, 0) is 9.53 Å². The van der Waals surface area contributed by atoms with Crippen molar-refractivity contribution in [1.82, 2.24) is 0 Å². The lowest BCUT2D eigenvalue weighted by molar-refractivity contribution is -0.151. The normalized spacial score (nSPS) is 11.5. The first-order valence-corrected chi connectivity index (χ1v) is 8.72. The Morgan fingerprint density at radius 3 is 2.38 bits per heavy atom. The lowest BCUT2D eigenvalue weighted by Gasteiger charge is -2.14. The Morgan fingerprint density at radius 2 is 1.77 bits per heavy atom. The maximum absolute atomic E-state index is 12.4. The van der Waals surface area contributed by atoms with Crippen molar-refractivity contribution in [1.29, 1.82) is 0 Å². The van der Waals surface area contributed by atoms with E-state index in [2.05, 4.69) is 5.32 Å². The van der Waals surface area contributed by atoms with Gasteiger partial charge in [0.05, 0.1) is 6.61 Å². The Morgan fingerprint density at radius 1 is 1.08 bits per heavy atom. The van der Waals surface area contributed by atoms with Crippen LogP contribution >= 0.6 is 0 Å². The van der Waals surface area contributed by atoms with E-state index in [4.69, 9.17) is 9.47 Å². The van der Waals surface area contributed by atoms with Gasteiger partial charge in [-0.25, -0.2) is 4.79 Å². The number of hydrogen-bond acceptors (Lipinski definition) is 4. The van der Waals surface area contributed by atoms with Crippen molar-refractivity contribution in [3.8, 4) is 5.75 Å². The Hall–Kier alpha value is -2.82. The van der Waals surface area contributed by atoms with Crippen LogP contribution in [0.5, 0.6) is 5.75 Å². The van der Waals surface area contributed by atoms with Gasteiger partial charge in [-0.1, -0.05) is 24.6 Å². The van der Waals surface area contributed by atoms with Crippen molar-refractivity contribution < 1.29 is 19.1 Å². The zero-order valence-electron chi connectivity index (χ0n) is 15.7. The van der Waals surface area contributed by atoms with Crippen LogP contribution < -0.4 is 10.1 Å². The van der Waals surface area contributed by atoms with Gasteiger partial charge in [0, 0.05) is 11.3 Å². The summed E-state index contributed by atoms with van der Waals surface area (Å²) in [5.41, 5.74) is 3.46. The first-order chi connectivity index (χ1) is 12.4. The van der Waals surface area contributed by atoms with Crippen LogP contribution in [0.2, 0.25) is 0 Å². The molecule has 5 nitrogen and oxygen atoms in total. The molecule has 0 aliphatic heterocycles. The SMILES string of the molecule is CCCOC(=O)[C@@H](C)Oc1ccc(C(=O)Nc2ccc(C)cc2C)cc1. The van der Waals surface area contributed by atoms with Crippen molar-refractivity contribution in [3.05, 3.63) is 59.2 Å². The van der Waals surface area contributed by atoms with Crippen molar-refractivity contribution in [3.63, 3.8) is 0 Å². The summed E-state index contributed by atoms with van der Waals surface area (Å²) < 4.78 is 10.6. The van der Waals surface area contributed by atoms with E-state index in [9.17, 15) is 9.59 Å². The van der Waals surface area contributed by atoms with Crippen LogP contribution in [0.15, 0.2) is 42.5 Å². The minimum Gasteiger partial charge on any atom is -0.479 e. The summed E-state index contributed by atoms with van der Waals surface area (Å²) in [4.78, 5) is 24.1. The number of nitrogens with one attached hydrogen (secondary N) is 1. The zero-order valence-corrected chi connectivity index (χ0v) is 15.7. The van der Waals surface area contributed by atoms with Crippen molar-refractivity contribution in [2.75, 3.05) is 11.9 Å². The van der Waals surface area contributed by atoms with E-state index in [1.54, 1.807) is 31.2 Å². The molecular weight excluding hydrogens is 330 g/mol. The fourth-order valence-corrected chi connectivity index (χ4v) is 2.41. The number of carbonyl (C=O) groups excluding carboxylic acids is 2. The summed E-state index contributed by atoms with van der Waals surface area (Å²) in [5, 5.41) is 2.90. The smallest absolute Gasteiger partial charge is 0.347 e. The molecule has 2 aromatic rings. The molecule has 0 saturated heterocycles. The highest BCUT2D eigenvalue weighted by molar-refractivity contribution is 6.04. The number of carbonyl (C=O) groups is 2. The second-order valence-electron chi connectivity index (χ2n) is 6.22. The fraction of sp³-hybridized carbons (Fsp3) is 0.333. The molecule has 0 heterocycles. The summed E-state index contributed by atoms with van der Waals surface area (Å²) in [6.07, 6.45) is 0.0688. The maximum Gasteiger partial charge on any atom is 0.347 e. The van der Waals surface area contributed by atoms with Gasteiger partial charge in [-0.15, -0.1) is 0 Å². The highest BCUT2D eigenvalue weighted by Gasteiger charge is 2.16. The molecule has 2 rings (SSSR count). The lowest BCUT2D eigenvalue weighted by atomic mass is 10.1. The van der Waals surface area contributed by atoms with E-state index in [0.717, 1.165) is 23.2 Å². The molecule has 0 bridgehead atoms. The third-order valence-corrected chi connectivity index (χ3v) is 3.84. The molecule has 1 amide bonds. The molecule has 0 fully saturated rings. The number of amides is 1. The molecule has 5 heteroatoms. The van der Waals surface area contributed by atoms with E-state index in [1.165, 1.54) is 0 Å². The van der Waals surface area contributed by atoms with E-state index in [1.807, 2.05) is 39.0 Å². The first-order valence-electron chi connectivity index (χ1n) is 8.72. The standard InChI is InChI=1S/C21H25NO4/c1-5-12-25-21(24)16(4)26-18-9-7-17(8-10-18)20(23)22-19-11-6-14(2)13-15(19)3/h6-11,13,16H,5,12H2,1-4H3,(H,22,23)/t16-/m1/s1. The Kier molecular flexibility index (Phi) is 6.78. The minimum absolute atomic E-state index is 0.195. The minimum atomic E-state index is -0.698. The highest BCUT2D eigenvalue weighted by atomic mass is 16.6. The predicted octanol–water partition coefficient (Wildman–Crippen LogP) is 4.28. The van der Waals surface area contributed by atoms with Crippen LogP contribution in [0, 0.1) is 13.8 Å². The van der Waals surface area contributed by atoms with Crippen molar-refractivity contribution in [2.45, 2.75) is 40.2 Å². The van der Waals surface area contributed by atoms with Crippen molar-refractivity contribution >= 4 is 17.6 Å². The van der Waals surface area contributed by atoms with E-state index in [-0.39, 0.29) is 5.91 Å². The van der Waals surface area contributed by atoms with Gasteiger partial charge < -0.3 is 14.8 Å². The highest BCUT2D eigenvalue weighted by Crippen LogP contribution is 2.19. The Bertz CT molecular complexity index is 768. The quantitative estimate of drug-likeness (QED) is 0.753. The predicted molar refractivity (Wildman–Crippen MR) is 102 cm³/mol. The summed E-state index contributed by atoms with van der Waals surface area (Å²) in [6, 6.07) is 12.5. The van der Waals surface area contributed by atoms with Crippen LogP contribution in [0.4, 0.5) is 5.69 Å². The number of anilines is 1. The molecule has 0 unspecified atom stereocenters. The second-order valence-corrected chi connectivity index (χ2v) is 6.22. The number of hydrogen-bond donors (Lipinski definition) is 1. The van der Waals surface area contributed by atoms with Crippen LogP contribution in [0.25, 0.3) is 0 Å². The first kappa shape index (κ1) is 19.5. The molecule has 138 valence electrons. The van der Waals surface area contributed by atoms with Gasteiger partial charge in [-0.2, -0.15) is 0 Å². The average molecular weight is 355 g/mol. The summed E-state index contributed by atoms with van der Waals surface area (Å²) in [5.74, 6) is -0.0866. The topological polar surface area (TPSA) is 64.6 Å². The molecule has 0 aliphatic carbocycles. The van der Waals surface area contributed by atoms with Crippen molar-refractivity contribution in [2.24, 2.45) is 0 Å². The van der Waals surface area contributed by atoms with Gasteiger partial charge in [0.2, 0.25) is 0 Å². The number of benzene rings is 2. The van der Waals surface area contributed by atoms with Crippen LogP contribution in [0.1, 0.15) is 41.8 Å². The number of ether oxygens (including phenoxy) is 2. The molecule has 0 saturated carbocycles. The Labute approximate surface area is 154 Å². The molecule has 1 atom stereocenters. The summed E-state index contributed by atoms with van der Waals surface area (Å²) >= 11 is 0. The molecule has 0 spiro atoms. The number of aryl methyl sites for hydroxylation is 2. The number of esters is 1. The monoisotopic (exact) mass is 355 g/mol. The molecule has 0 radical (unpaired) electrons. The fourth-order valence-electron chi connectivity index (χ4n) is 2.41. The van der Waals surface area contributed by atoms with Gasteiger partial charge in [0.1, 0.15) is 5.75 Å². The largest absolute Gasteiger partial charge is 0.479 e. The molecule has 1 N–H and O–H groups in total. The molecular formula is C21H25NO4. The zero-order chi connectivity index (χ0) is 19.1. The third kappa shape index (κ3) is 5.34. The third-order valence-electron chi connectivity index (χ3n) is 3.84. The van der Waals surface area contributed by atoms with Gasteiger partial charge >= 0.3 is 5.97 Å².